The van der Waals surface area contributed by atoms with Gasteiger partial charge in [0.15, 0.2) is 0 Å². The Kier molecular flexibility index (Phi) is 8.72. The van der Waals surface area contributed by atoms with Crippen LogP contribution in [0.1, 0.15) is 64.7 Å². The first-order valence-corrected chi connectivity index (χ1v) is 7.75. The topological polar surface area (TPSA) is 15.3 Å². The van der Waals surface area contributed by atoms with Crippen molar-refractivity contribution in [1.82, 2.24) is 10.2 Å². The first kappa shape index (κ1) is 15.0. The van der Waals surface area contributed by atoms with E-state index in [1.165, 1.54) is 70.9 Å². The summed E-state index contributed by atoms with van der Waals surface area (Å²) in [5.74, 6) is 0. The van der Waals surface area contributed by atoms with Gasteiger partial charge in [-0.1, -0.05) is 39.0 Å². The predicted molar refractivity (Wildman–Crippen MR) is 76.5 cm³/mol. The molecule has 0 aromatic heterocycles. The number of hydrogen-bond acceptors (Lipinski definition) is 2. The highest BCUT2D eigenvalue weighted by molar-refractivity contribution is 4.73. The lowest BCUT2D eigenvalue weighted by molar-refractivity contribution is 0.188. The minimum Gasteiger partial charge on any atom is -0.317 e. The molecule has 1 N–H and O–H groups in total. The SMILES string of the molecule is CCNCCCCCCN(C)C1CCCCC1. The molecule has 1 rings (SSSR count). The summed E-state index contributed by atoms with van der Waals surface area (Å²) in [7, 11) is 2.33. The van der Waals surface area contributed by atoms with Crippen molar-refractivity contribution in [2.75, 3.05) is 26.7 Å². The van der Waals surface area contributed by atoms with Crippen molar-refractivity contribution in [2.24, 2.45) is 0 Å². The fourth-order valence-electron chi connectivity index (χ4n) is 2.85. The van der Waals surface area contributed by atoms with Crippen molar-refractivity contribution >= 4 is 0 Å². The van der Waals surface area contributed by atoms with E-state index in [-0.39, 0.29) is 0 Å². The standard InChI is InChI=1S/C15H32N2/c1-3-16-13-9-4-5-10-14-17(2)15-11-7-6-8-12-15/h15-16H,3-14H2,1-2H3. The van der Waals surface area contributed by atoms with Crippen LogP contribution in [0.2, 0.25) is 0 Å². The molecule has 2 nitrogen and oxygen atoms in total. The lowest BCUT2D eigenvalue weighted by Crippen LogP contribution is -2.34. The van der Waals surface area contributed by atoms with Gasteiger partial charge >= 0.3 is 0 Å². The first-order chi connectivity index (χ1) is 8.34. The van der Waals surface area contributed by atoms with Crippen LogP contribution in [0.25, 0.3) is 0 Å². The third-order valence-electron chi connectivity index (χ3n) is 4.06. The second-order valence-corrected chi connectivity index (χ2v) is 5.54. The Balaban J connectivity index is 1.90. The molecule has 0 amide bonds. The number of hydrogen-bond donors (Lipinski definition) is 1. The molecule has 1 saturated carbocycles. The van der Waals surface area contributed by atoms with E-state index in [0.717, 1.165) is 12.6 Å². The van der Waals surface area contributed by atoms with Crippen LogP contribution in [0.5, 0.6) is 0 Å². The highest BCUT2D eigenvalue weighted by atomic mass is 15.1. The number of unbranched alkanes of at least 4 members (excludes halogenated alkanes) is 3. The molecule has 17 heavy (non-hydrogen) atoms. The Morgan fingerprint density at radius 1 is 1.00 bits per heavy atom. The third kappa shape index (κ3) is 7.05. The zero-order valence-corrected chi connectivity index (χ0v) is 12.0. The summed E-state index contributed by atoms with van der Waals surface area (Å²) in [6, 6.07) is 0.894. The summed E-state index contributed by atoms with van der Waals surface area (Å²) >= 11 is 0. The van der Waals surface area contributed by atoms with Crippen molar-refractivity contribution in [2.45, 2.75) is 70.8 Å². The van der Waals surface area contributed by atoms with Gasteiger partial charge in [0.25, 0.3) is 0 Å². The van der Waals surface area contributed by atoms with Crippen molar-refractivity contribution in [3.63, 3.8) is 0 Å². The van der Waals surface area contributed by atoms with Gasteiger partial charge in [-0.15, -0.1) is 0 Å². The molecule has 0 saturated heterocycles. The lowest BCUT2D eigenvalue weighted by Gasteiger charge is -2.31. The fraction of sp³-hybridized carbons (Fsp3) is 1.00. The van der Waals surface area contributed by atoms with Crippen molar-refractivity contribution in [3.8, 4) is 0 Å². The molecule has 0 heterocycles. The van der Waals surface area contributed by atoms with E-state index in [1.807, 2.05) is 0 Å². The predicted octanol–water partition coefficient (Wildman–Crippen LogP) is 3.42. The number of nitrogens with zero attached hydrogens (tertiary/aromatic N) is 1. The van der Waals surface area contributed by atoms with Gasteiger partial charge in [-0.25, -0.2) is 0 Å². The highest BCUT2D eigenvalue weighted by Crippen LogP contribution is 2.21. The molecule has 2 heteroatoms. The van der Waals surface area contributed by atoms with Gasteiger partial charge in [0.2, 0.25) is 0 Å². The van der Waals surface area contributed by atoms with E-state index in [9.17, 15) is 0 Å². The fourth-order valence-corrected chi connectivity index (χ4v) is 2.85. The Hall–Kier alpha value is -0.0800. The summed E-state index contributed by atoms with van der Waals surface area (Å²) in [5, 5.41) is 3.39. The van der Waals surface area contributed by atoms with E-state index in [1.54, 1.807) is 0 Å². The van der Waals surface area contributed by atoms with Crippen LogP contribution in [0.4, 0.5) is 0 Å². The van der Waals surface area contributed by atoms with Gasteiger partial charge in [-0.2, -0.15) is 0 Å². The van der Waals surface area contributed by atoms with E-state index in [4.69, 9.17) is 0 Å². The van der Waals surface area contributed by atoms with Crippen LogP contribution >= 0.6 is 0 Å². The van der Waals surface area contributed by atoms with Crippen molar-refractivity contribution in [1.29, 1.82) is 0 Å². The largest absolute Gasteiger partial charge is 0.317 e. The van der Waals surface area contributed by atoms with Crippen LogP contribution < -0.4 is 5.32 Å². The Bertz CT molecular complexity index is 164. The van der Waals surface area contributed by atoms with Gasteiger partial charge in [-0.3, -0.25) is 0 Å². The molecule has 0 aliphatic heterocycles. The maximum atomic E-state index is 3.39. The molecule has 0 radical (unpaired) electrons. The maximum Gasteiger partial charge on any atom is 0.00922 e. The molecule has 0 unspecified atom stereocenters. The average Bonchev–Trinajstić information content (AvgIpc) is 2.38. The van der Waals surface area contributed by atoms with Crippen LogP contribution in [-0.4, -0.2) is 37.6 Å². The Morgan fingerprint density at radius 3 is 2.41 bits per heavy atom. The van der Waals surface area contributed by atoms with Crippen LogP contribution in [-0.2, 0) is 0 Å². The summed E-state index contributed by atoms with van der Waals surface area (Å²) < 4.78 is 0. The summed E-state index contributed by atoms with van der Waals surface area (Å²) in [4.78, 5) is 2.61. The maximum absolute atomic E-state index is 3.39. The molecule has 0 aromatic rings. The summed E-state index contributed by atoms with van der Waals surface area (Å²) in [6.45, 7) is 5.81. The molecular formula is C15H32N2. The van der Waals surface area contributed by atoms with Gasteiger partial charge in [-0.05, 0) is 52.4 Å². The highest BCUT2D eigenvalue weighted by Gasteiger charge is 2.16. The van der Waals surface area contributed by atoms with Crippen LogP contribution in [0, 0.1) is 0 Å². The average molecular weight is 240 g/mol. The molecule has 1 aliphatic carbocycles. The van der Waals surface area contributed by atoms with Crippen LogP contribution in [0.3, 0.4) is 0 Å². The van der Waals surface area contributed by atoms with Gasteiger partial charge in [0.1, 0.15) is 0 Å². The Morgan fingerprint density at radius 2 is 1.71 bits per heavy atom. The molecule has 0 bridgehead atoms. The number of nitrogens with one attached hydrogen (secondary N) is 1. The molecule has 102 valence electrons. The van der Waals surface area contributed by atoms with Gasteiger partial charge in [0.05, 0.1) is 0 Å². The first-order valence-electron chi connectivity index (χ1n) is 7.75. The number of rotatable bonds is 9. The monoisotopic (exact) mass is 240 g/mol. The molecule has 0 atom stereocenters. The lowest BCUT2D eigenvalue weighted by atomic mass is 9.94. The molecule has 0 aromatic carbocycles. The van der Waals surface area contributed by atoms with Crippen molar-refractivity contribution < 1.29 is 0 Å². The van der Waals surface area contributed by atoms with Crippen LogP contribution in [0.15, 0.2) is 0 Å². The molecule has 0 spiro atoms. The zero-order chi connectivity index (χ0) is 12.3. The van der Waals surface area contributed by atoms with E-state index in [0.29, 0.717) is 0 Å². The zero-order valence-electron chi connectivity index (χ0n) is 12.0. The normalized spacial score (nSPS) is 17.8. The second-order valence-electron chi connectivity index (χ2n) is 5.54. The Labute approximate surface area is 108 Å². The summed E-state index contributed by atoms with van der Waals surface area (Å²) in [6.07, 6.45) is 12.8. The van der Waals surface area contributed by atoms with E-state index >= 15 is 0 Å². The molecule has 1 fully saturated rings. The second kappa shape index (κ2) is 9.90. The molecular weight excluding hydrogens is 208 g/mol. The van der Waals surface area contributed by atoms with Gasteiger partial charge in [0, 0.05) is 6.04 Å². The summed E-state index contributed by atoms with van der Waals surface area (Å²) in [5.41, 5.74) is 0. The smallest absolute Gasteiger partial charge is 0.00922 e. The third-order valence-corrected chi connectivity index (χ3v) is 4.06. The minimum atomic E-state index is 0.894. The van der Waals surface area contributed by atoms with Gasteiger partial charge < -0.3 is 10.2 Å². The van der Waals surface area contributed by atoms with E-state index in [2.05, 4.69) is 24.2 Å². The minimum absolute atomic E-state index is 0.894. The van der Waals surface area contributed by atoms with Crippen molar-refractivity contribution in [3.05, 3.63) is 0 Å². The van der Waals surface area contributed by atoms with E-state index < -0.39 is 0 Å². The quantitative estimate of drug-likeness (QED) is 0.621. The molecule has 1 aliphatic rings.